The first-order chi connectivity index (χ1) is 21.2. The van der Waals surface area contributed by atoms with Crippen LogP contribution in [0, 0.1) is 6.92 Å². The number of hydrogen-bond acceptors (Lipinski definition) is 7. The van der Waals surface area contributed by atoms with E-state index in [-0.39, 0.29) is 11.1 Å². The zero-order valence-corrected chi connectivity index (χ0v) is 25.1. The molecule has 1 fully saturated rings. The SMILES string of the molecule is C=Cn1cc(C(=O)O)c(=O)c2ccc(N3CCN(CCCCn4c(=O)cc(Nc5ccc(C)c(CC)c5)[nH]c4=O)CC3)cc21. The number of fused-ring (bicyclic) bond motifs is 1. The van der Waals surface area contributed by atoms with Crippen molar-refractivity contribution in [2.75, 3.05) is 42.9 Å². The smallest absolute Gasteiger partial charge is 0.341 e. The highest BCUT2D eigenvalue weighted by atomic mass is 16.4. The van der Waals surface area contributed by atoms with Crippen LogP contribution in [0.25, 0.3) is 17.1 Å². The molecule has 44 heavy (non-hydrogen) atoms. The number of piperazine rings is 1. The van der Waals surface area contributed by atoms with Crippen LogP contribution < -0.4 is 26.9 Å². The van der Waals surface area contributed by atoms with Crippen molar-refractivity contribution in [2.24, 2.45) is 0 Å². The molecule has 3 N–H and O–H groups in total. The van der Waals surface area contributed by atoms with Crippen LogP contribution in [0.4, 0.5) is 17.2 Å². The third-order valence-electron chi connectivity index (χ3n) is 8.32. The van der Waals surface area contributed by atoms with E-state index in [4.69, 9.17) is 0 Å². The number of anilines is 3. The highest BCUT2D eigenvalue weighted by molar-refractivity contribution is 5.94. The van der Waals surface area contributed by atoms with E-state index in [1.54, 1.807) is 10.6 Å². The Labute approximate surface area is 254 Å². The number of aryl methyl sites for hydroxylation is 2. The van der Waals surface area contributed by atoms with Gasteiger partial charge in [-0.2, -0.15) is 0 Å². The van der Waals surface area contributed by atoms with E-state index in [1.165, 1.54) is 34.2 Å². The van der Waals surface area contributed by atoms with Gasteiger partial charge in [-0.1, -0.05) is 19.6 Å². The van der Waals surface area contributed by atoms with Gasteiger partial charge in [-0.05, 0) is 74.2 Å². The molecule has 11 nitrogen and oxygen atoms in total. The predicted molar refractivity (Wildman–Crippen MR) is 175 cm³/mol. The van der Waals surface area contributed by atoms with Crippen LogP contribution >= 0.6 is 0 Å². The molecule has 2 aromatic carbocycles. The Hall–Kier alpha value is -4.90. The number of nitrogens with zero attached hydrogens (tertiary/aromatic N) is 4. The summed E-state index contributed by atoms with van der Waals surface area (Å²) in [7, 11) is 0. The van der Waals surface area contributed by atoms with Crippen molar-refractivity contribution >= 4 is 40.3 Å². The molecule has 0 saturated carbocycles. The first-order valence-corrected chi connectivity index (χ1v) is 14.9. The van der Waals surface area contributed by atoms with E-state index in [2.05, 4.69) is 40.5 Å². The normalized spacial score (nSPS) is 13.7. The van der Waals surface area contributed by atoms with E-state index in [0.717, 1.165) is 56.9 Å². The number of benzene rings is 2. The van der Waals surface area contributed by atoms with Gasteiger partial charge in [0.15, 0.2) is 0 Å². The van der Waals surface area contributed by atoms with Gasteiger partial charge in [0.25, 0.3) is 5.56 Å². The van der Waals surface area contributed by atoms with Gasteiger partial charge >= 0.3 is 11.7 Å². The average molecular weight is 599 g/mol. The quantitative estimate of drug-likeness (QED) is 0.222. The van der Waals surface area contributed by atoms with Crippen LogP contribution in [-0.2, 0) is 13.0 Å². The minimum Gasteiger partial charge on any atom is -0.477 e. The molecule has 230 valence electrons. The molecule has 0 unspecified atom stereocenters. The largest absolute Gasteiger partial charge is 0.477 e. The number of H-pyrrole nitrogens is 1. The second-order valence-corrected chi connectivity index (χ2v) is 11.1. The number of aromatic nitrogens is 3. The maximum absolute atomic E-state index is 12.7. The summed E-state index contributed by atoms with van der Waals surface area (Å²) in [6, 6.07) is 12.9. The molecule has 2 aromatic heterocycles. The maximum Gasteiger partial charge on any atom is 0.341 e. The zero-order valence-electron chi connectivity index (χ0n) is 25.1. The highest BCUT2D eigenvalue weighted by Gasteiger charge is 2.19. The van der Waals surface area contributed by atoms with E-state index in [9.17, 15) is 24.3 Å². The number of hydrogen-bond donors (Lipinski definition) is 3. The molecule has 5 rings (SSSR count). The first kappa shape index (κ1) is 30.6. The Kier molecular flexibility index (Phi) is 9.15. The molecule has 0 spiro atoms. The second kappa shape index (κ2) is 13.2. The molecule has 3 heterocycles. The molecule has 11 heteroatoms. The number of aromatic amines is 1. The fraction of sp³-hybridized carbons (Fsp3) is 0.333. The van der Waals surface area contributed by atoms with Gasteiger partial charge in [0, 0.05) is 67.9 Å². The van der Waals surface area contributed by atoms with Crippen molar-refractivity contribution in [3.8, 4) is 0 Å². The number of rotatable bonds is 11. The monoisotopic (exact) mass is 598 g/mol. The van der Waals surface area contributed by atoms with Crippen LogP contribution in [0.2, 0.25) is 0 Å². The van der Waals surface area contributed by atoms with Gasteiger partial charge < -0.3 is 19.9 Å². The van der Waals surface area contributed by atoms with Gasteiger partial charge in [0.2, 0.25) is 5.43 Å². The van der Waals surface area contributed by atoms with E-state index in [0.29, 0.717) is 29.7 Å². The molecule has 0 atom stereocenters. The Morgan fingerprint density at radius 2 is 1.77 bits per heavy atom. The fourth-order valence-electron chi connectivity index (χ4n) is 5.76. The average Bonchev–Trinajstić information content (AvgIpc) is 3.01. The van der Waals surface area contributed by atoms with Crippen molar-refractivity contribution in [1.29, 1.82) is 0 Å². The lowest BCUT2D eigenvalue weighted by Crippen LogP contribution is -2.46. The van der Waals surface area contributed by atoms with Gasteiger partial charge in [-0.15, -0.1) is 0 Å². The van der Waals surface area contributed by atoms with Gasteiger partial charge in [0.05, 0.1) is 5.52 Å². The van der Waals surface area contributed by atoms with Gasteiger partial charge in [0.1, 0.15) is 11.4 Å². The Balaban J connectivity index is 1.13. The van der Waals surface area contributed by atoms with Crippen molar-refractivity contribution in [3.05, 3.63) is 103 Å². The molecular weight excluding hydrogens is 560 g/mol. The van der Waals surface area contributed by atoms with Crippen LogP contribution in [0.3, 0.4) is 0 Å². The summed E-state index contributed by atoms with van der Waals surface area (Å²) in [5.74, 6) is -0.884. The lowest BCUT2D eigenvalue weighted by Gasteiger charge is -2.36. The second-order valence-electron chi connectivity index (χ2n) is 11.1. The summed E-state index contributed by atoms with van der Waals surface area (Å²) in [6.45, 7) is 12.4. The number of carbonyl (C=O) groups is 1. The lowest BCUT2D eigenvalue weighted by atomic mass is 10.1. The summed E-state index contributed by atoms with van der Waals surface area (Å²) in [4.78, 5) is 56.9. The fourth-order valence-corrected chi connectivity index (χ4v) is 5.76. The molecular formula is C33H38N6O5. The van der Waals surface area contributed by atoms with Crippen LogP contribution in [-0.4, -0.2) is 62.8 Å². The minimum atomic E-state index is -1.26. The Morgan fingerprint density at radius 3 is 2.45 bits per heavy atom. The molecule has 1 aliphatic rings. The van der Waals surface area contributed by atoms with Crippen LogP contribution in [0.5, 0.6) is 0 Å². The zero-order chi connectivity index (χ0) is 31.4. The van der Waals surface area contributed by atoms with Crippen molar-refractivity contribution in [2.45, 2.75) is 39.7 Å². The molecule has 1 saturated heterocycles. The molecule has 0 radical (unpaired) electrons. The maximum atomic E-state index is 12.7. The van der Waals surface area contributed by atoms with Crippen LogP contribution in [0.15, 0.2) is 69.6 Å². The minimum absolute atomic E-state index is 0.286. The number of carboxylic acid groups (broad SMARTS) is 1. The Bertz CT molecular complexity index is 1850. The topological polar surface area (TPSA) is 133 Å². The molecule has 0 amide bonds. The van der Waals surface area contributed by atoms with Crippen molar-refractivity contribution in [1.82, 2.24) is 19.0 Å². The summed E-state index contributed by atoms with van der Waals surface area (Å²) >= 11 is 0. The number of carboxylic acids is 1. The first-order valence-electron chi connectivity index (χ1n) is 14.9. The van der Waals surface area contributed by atoms with Crippen LogP contribution in [0.1, 0.15) is 41.3 Å². The third kappa shape index (κ3) is 6.52. The Morgan fingerprint density at radius 1 is 1.02 bits per heavy atom. The van der Waals surface area contributed by atoms with Gasteiger partial charge in [-0.3, -0.25) is 24.0 Å². The van der Waals surface area contributed by atoms with Crippen molar-refractivity contribution in [3.63, 3.8) is 0 Å². The predicted octanol–water partition coefficient (Wildman–Crippen LogP) is 3.87. The summed E-state index contributed by atoms with van der Waals surface area (Å²) < 4.78 is 2.82. The number of nitrogens with one attached hydrogen (secondary N) is 2. The van der Waals surface area contributed by atoms with E-state index in [1.807, 2.05) is 30.3 Å². The molecule has 0 bridgehead atoms. The third-order valence-corrected chi connectivity index (χ3v) is 8.32. The lowest BCUT2D eigenvalue weighted by molar-refractivity contribution is 0.0695. The number of unbranched alkanes of at least 4 members (excludes halogenated alkanes) is 1. The molecule has 4 aromatic rings. The summed E-state index contributed by atoms with van der Waals surface area (Å²) in [5, 5.41) is 12.9. The molecule has 1 aliphatic heterocycles. The number of pyridine rings is 1. The number of aromatic carboxylic acids is 1. The summed E-state index contributed by atoms with van der Waals surface area (Å²) in [5.41, 5.74) is 3.26. The standard InChI is InChI=1S/C33H38N6O5/c1-4-23-18-24(9-8-22(23)3)34-29-20-30(40)39(33(44)35-29)13-7-6-12-36-14-16-38(17-15-36)25-10-11-26-28(19-25)37(5-2)21-27(31(26)41)32(42)43/h5,8-11,18-21,34H,2,4,6-7,12-17H2,1,3H3,(H,35,44)(H,42,43). The molecule has 0 aliphatic carbocycles. The van der Waals surface area contributed by atoms with E-state index < -0.39 is 17.1 Å². The van der Waals surface area contributed by atoms with Gasteiger partial charge in [-0.25, -0.2) is 9.59 Å². The highest BCUT2D eigenvalue weighted by Crippen LogP contribution is 2.23. The van der Waals surface area contributed by atoms with E-state index >= 15 is 0 Å². The van der Waals surface area contributed by atoms with Crippen molar-refractivity contribution < 1.29 is 9.90 Å². The summed E-state index contributed by atoms with van der Waals surface area (Å²) in [6.07, 6.45) is 5.26.